The molecule has 0 spiro atoms. The van der Waals surface area contributed by atoms with Gasteiger partial charge < -0.3 is 0 Å². The molecule has 1 saturated carbocycles. The summed E-state index contributed by atoms with van der Waals surface area (Å²) in [5.41, 5.74) is 3.63. The molecule has 0 N–H and O–H groups in total. The van der Waals surface area contributed by atoms with Crippen molar-refractivity contribution in [1.82, 2.24) is 0 Å². The second-order valence-corrected chi connectivity index (χ2v) is 4.03. The van der Waals surface area contributed by atoms with E-state index < -0.39 is 0 Å². The lowest BCUT2D eigenvalue weighted by Gasteiger charge is -2.16. The van der Waals surface area contributed by atoms with Gasteiger partial charge in [-0.1, -0.05) is 30.4 Å². The van der Waals surface area contributed by atoms with Crippen molar-refractivity contribution in [3.05, 3.63) is 53.4 Å². The van der Waals surface area contributed by atoms with E-state index in [0.29, 0.717) is 0 Å². The van der Waals surface area contributed by atoms with E-state index in [1.54, 1.807) is 0 Å². The molecule has 0 aliphatic heterocycles. The van der Waals surface area contributed by atoms with E-state index in [2.05, 4.69) is 12.7 Å². The Morgan fingerprint density at radius 1 is 1.07 bits per heavy atom. The number of hydrogen-bond donors (Lipinski definition) is 0. The molecule has 0 bridgehead atoms. The highest BCUT2D eigenvalue weighted by Crippen LogP contribution is 2.28. The molecule has 15 heavy (non-hydrogen) atoms. The molecule has 1 aromatic carbocycles. The van der Waals surface area contributed by atoms with Gasteiger partial charge in [0.2, 0.25) is 0 Å². The predicted octanol–water partition coefficient (Wildman–Crippen LogP) is 4.34. The Morgan fingerprint density at radius 3 is 2.40 bits per heavy atom. The van der Waals surface area contributed by atoms with Crippen LogP contribution in [0.5, 0.6) is 0 Å². The standard InChI is InChI=1S/C14H15F/c1-11-4-2-3-5-13(11)10-12-6-8-14(15)9-7-12/h6-10H,1-5H2/b13-10-. The molecule has 0 heterocycles. The minimum atomic E-state index is -0.181. The molecule has 1 aromatic rings. The van der Waals surface area contributed by atoms with Gasteiger partial charge in [0.1, 0.15) is 5.82 Å². The average Bonchev–Trinajstić information content (AvgIpc) is 2.25. The van der Waals surface area contributed by atoms with Crippen LogP contribution >= 0.6 is 0 Å². The van der Waals surface area contributed by atoms with Crippen LogP contribution in [-0.4, -0.2) is 0 Å². The number of halogens is 1. The maximum Gasteiger partial charge on any atom is 0.123 e. The van der Waals surface area contributed by atoms with Crippen LogP contribution in [0.15, 0.2) is 42.0 Å². The van der Waals surface area contributed by atoms with Crippen molar-refractivity contribution in [2.45, 2.75) is 25.7 Å². The second-order valence-electron chi connectivity index (χ2n) is 4.03. The molecule has 0 nitrogen and oxygen atoms in total. The van der Waals surface area contributed by atoms with Gasteiger partial charge in [0.15, 0.2) is 0 Å². The van der Waals surface area contributed by atoms with Gasteiger partial charge in [-0.2, -0.15) is 0 Å². The van der Waals surface area contributed by atoms with Gasteiger partial charge >= 0.3 is 0 Å². The number of hydrogen-bond acceptors (Lipinski definition) is 0. The molecular formula is C14H15F. The first-order valence-electron chi connectivity index (χ1n) is 5.40. The van der Waals surface area contributed by atoms with Crippen LogP contribution < -0.4 is 0 Å². The third-order valence-electron chi connectivity index (χ3n) is 2.84. The minimum absolute atomic E-state index is 0.181. The summed E-state index contributed by atoms with van der Waals surface area (Å²) in [6.45, 7) is 4.07. The smallest absolute Gasteiger partial charge is 0.123 e. The Morgan fingerprint density at radius 2 is 1.73 bits per heavy atom. The summed E-state index contributed by atoms with van der Waals surface area (Å²) in [7, 11) is 0. The van der Waals surface area contributed by atoms with Gasteiger partial charge in [-0.05, 0) is 49.0 Å². The Kier molecular flexibility index (Phi) is 3.00. The zero-order chi connectivity index (χ0) is 10.7. The van der Waals surface area contributed by atoms with Crippen molar-refractivity contribution in [2.24, 2.45) is 0 Å². The Balaban J connectivity index is 2.21. The minimum Gasteiger partial charge on any atom is -0.207 e. The fraction of sp³-hybridized carbons (Fsp3) is 0.286. The molecule has 0 saturated heterocycles. The maximum atomic E-state index is 12.7. The van der Waals surface area contributed by atoms with Crippen LogP contribution in [0.2, 0.25) is 0 Å². The van der Waals surface area contributed by atoms with Crippen molar-refractivity contribution in [3.8, 4) is 0 Å². The first-order valence-corrected chi connectivity index (χ1v) is 5.40. The lowest BCUT2D eigenvalue weighted by atomic mass is 9.89. The highest BCUT2D eigenvalue weighted by molar-refractivity contribution is 5.58. The van der Waals surface area contributed by atoms with E-state index in [1.807, 2.05) is 12.1 Å². The lowest BCUT2D eigenvalue weighted by Crippen LogP contribution is -1.96. The SMILES string of the molecule is C=C1CCCC/C1=C/c1ccc(F)cc1. The summed E-state index contributed by atoms with van der Waals surface area (Å²) < 4.78 is 12.7. The van der Waals surface area contributed by atoms with E-state index >= 15 is 0 Å². The maximum absolute atomic E-state index is 12.7. The van der Waals surface area contributed by atoms with Gasteiger partial charge in [0, 0.05) is 0 Å². The van der Waals surface area contributed by atoms with Crippen LogP contribution in [0.1, 0.15) is 31.2 Å². The first-order chi connectivity index (χ1) is 7.25. The van der Waals surface area contributed by atoms with Crippen LogP contribution in [0.25, 0.3) is 6.08 Å². The molecule has 1 heteroatoms. The van der Waals surface area contributed by atoms with Crippen molar-refractivity contribution in [3.63, 3.8) is 0 Å². The largest absolute Gasteiger partial charge is 0.207 e. The molecule has 0 radical (unpaired) electrons. The van der Waals surface area contributed by atoms with Gasteiger partial charge in [-0.15, -0.1) is 0 Å². The van der Waals surface area contributed by atoms with Gasteiger partial charge in [-0.3, -0.25) is 0 Å². The van der Waals surface area contributed by atoms with Crippen LogP contribution in [0.4, 0.5) is 4.39 Å². The van der Waals surface area contributed by atoms with E-state index in [-0.39, 0.29) is 5.82 Å². The quantitative estimate of drug-likeness (QED) is 0.635. The summed E-state index contributed by atoms with van der Waals surface area (Å²) in [5.74, 6) is -0.181. The molecular weight excluding hydrogens is 187 g/mol. The van der Waals surface area contributed by atoms with Crippen molar-refractivity contribution in [1.29, 1.82) is 0 Å². The van der Waals surface area contributed by atoms with Gasteiger partial charge in [-0.25, -0.2) is 4.39 Å². The van der Waals surface area contributed by atoms with Crippen molar-refractivity contribution in [2.75, 3.05) is 0 Å². The average molecular weight is 202 g/mol. The summed E-state index contributed by atoms with van der Waals surface area (Å²) in [5, 5.41) is 0. The number of rotatable bonds is 1. The summed E-state index contributed by atoms with van der Waals surface area (Å²) in [6, 6.07) is 6.62. The second kappa shape index (κ2) is 4.43. The third kappa shape index (κ3) is 2.56. The predicted molar refractivity (Wildman–Crippen MR) is 62.0 cm³/mol. The Hall–Kier alpha value is -1.37. The van der Waals surface area contributed by atoms with Crippen molar-refractivity contribution >= 4 is 6.08 Å². The number of benzene rings is 1. The molecule has 1 fully saturated rings. The summed E-state index contributed by atoms with van der Waals surface area (Å²) >= 11 is 0. The van der Waals surface area contributed by atoms with Gasteiger partial charge in [0.25, 0.3) is 0 Å². The molecule has 1 aliphatic rings. The molecule has 0 aromatic heterocycles. The Bertz CT molecular complexity index is 384. The molecule has 1 aliphatic carbocycles. The fourth-order valence-corrected chi connectivity index (χ4v) is 1.93. The van der Waals surface area contributed by atoms with Crippen LogP contribution in [0, 0.1) is 5.82 Å². The molecule has 0 amide bonds. The van der Waals surface area contributed by atoms with E-state index in [0.717, 1.165) is 18.4 Å². The molecule has 0 unspecified atom stereocenters. The highest BCUT2D eigenvalue weighted by atomic mass is 19.1. The van der Waals surface area contributed by atoms with E-state index in [9.17, 15) is 4.39 Å². The zero-order valence-electron chi connectivity index (χ0n) is 8.80. The topological polar surface area (TPSA) is 0 Å². The van der Waals surface area contributed by atoms with Gasteiger partial charge in [0.05, 0.1) is 0 Å². The van der Waals surface area contributed by atoms with Crippen LogP contribution in [0.3, 0.4) is 0 Å². The zero-order valence-corrected chi connectivity index (χ0v) is 8.80. The lowest BCUT2D eigenvalue weighted by molar-refractivity contribution is 0.627. The normalized spacial score (nSPS) is 19.5. The van der Waals surface area contributed by atoms with Crippen LogP contribution in [-0.2, 0) is 0 Å². The summed E-state index contributed by atoms with van der Waals surface area (Å²) in [4.78, 5) is 0. The molecule has 78 valence electrons. The highest BCUT2D eigenvalue weighted by Gasteiger charge is 2.08. The van der Waals surface area contributed by atoms with Crippen molar-refractivity contribution < 1.29 is 4.39 Å². The fourth-order valence-electron chi connectivity index (χ4n) is 1.93. The molecule has 0 atom stereocenters. The monoisotopic (exact) mass is 202 g/mol. The number of allylic oxidation sites excluding steroid dienone is 2. The summed E-state index contributed by atoms with van der Waals surface area (Å²) in [6.07, 6.45) is 6.83. The van der Waals surface area contributed by atoms with E-state index in [1.165, 1.54) is 36.1 Å². The Labute approximate surface area is 90.1 Å². The first kappa shape index (κ1) is 10.2. The van der Waals surface area contributed by atoms with E-state index in [4.69, 9.17) is 0 Å². The third-order valence-corrected chi connectivity index (χ3v) is 2.84. The molecule has 2 rings (SSSR count).